The summed E-state index contributed by atoms with van der Waals surface area (Å²) in [5.74, 6) is 0.585. The van der Waals surface area contributed by atoms with Crippen LogP contribution in [0.15, 0.2) is 43.0 Å². The number of ether oxygens (including phenoxy) is 1. The predicted octanol–water partition coefficient (Wildman–Crippen LogP) is 2.39. The van der Waals surface area contributed by atoms with Crippen molar-refractivity contribution in [2.24, 2.45) is 0 Å². The van der Waals surface area contributed by atoms with Gasteiger partial charge in [-0.05, 0) is 44.0 Å². The zero-order valence-electron chi connectivity index (χ0n) is 13.6. The maximum atomic E-state index is 12.7. The number of carbonyl (C=O) groups excluding carboxylic acids is 1. The summed E-state index contributed by atoms with van der Waals surface area (Å²) in [5, 5.41) is 8.81. The predicted molar refractivity (Wildman–Crippen MR) is 88.3 cm³/mol. The van der Waals surface area contributed by atoms with Crippen molar-refractivity contribution in [1.82, 2.24) is 14.5 Å². The first-order valence-electron chi connectivity index (χ1n) is 8.10. The van der Waals surface area contributed by atoms with Gasteiger partial charge in [-0.25, -0.2) is 4.98 Å². The maximum Gasteiger partial charge on any atom is 0.263 e. The number of piperidine rings is 1. The lowest BCUT2D eigenvalue weighted by Crippen LogP contribution is -2.46. The molecule has 0 radical (unpaired) electrons. The van der Waals surface area contributed by atoms with E-state index in [1.54, 1.807) is 43.7 Å². The van der Waals surface area contributed by atoms with Gasteiger partial charge in [-0.1, -0.05) is 0 Å². The fourth-order valence-electron chi connectivity index (χ4n) is 3.00. The second kappa shape index (κ2) is 7.18. The number of imidazole rings is 1. The Morgan fingerprint density at radius 2 is 2.21 bits per heavy atom. The van der Waals surface area contributed by atoms with E-state index in [1.807, 2.05) is 11.1 Å². The molecule has 0 aliphatic carbocycles. The zero-order chi connectivity index (χ0) is 16.9. The Bertz CT molecular complexity index is 718. The number of benzene rings is 1. The molecule has 1 aliphatic rings. The van der Waals surface area contributed by atoms with Crippen LogP contribution in [0.1, 0.15) is 31.4 Å². The quantitative estimate of drug-likeness (QED) is 0.866. The van der Waals surface area contributed by atoms with Crippen molar-refractivity contribution in [3.05, 3.63) is 48.5 Å². The van der Waals surface area contributed by atoms with Gasteiger partial charge in [-0.3, -0.25) is 4.79 Å². The number of amides is 1. The molecule has 2 heterocycles. The van der Waals surface area contributed by atoms with Crippen LogP contribution in [0.3, 0.4) is 0 Å². The van der Waals surface area contributed by atoms with Crippen LogP contribution in [-0.4, -0.2) is 39.6 Å². The minimum Gasteiger partial charge on any atom is -0.481 e. The van der Waals surface area contributed by atoms with E-state index >= 15 is 0 Å². The maximum absolute atomic E-state index is 12.7. The smallest absolute Gasteiger partial charge is 0.263 e. The summed E-state index contributed by atoms with van der Waals surface area (Å²) < 4.78 is 7.80. The van der Waals surface area contributed by atoms with E-state index in [4.69, 9.17) is 10.00 Å². The average molecular weight is 324 g/mol. The van der Waals surface area contributed by atoms with Crippen molar-refractivity contribution in [3.8, 4) is 11.8 Å². The molecule has 2 aromatic rings. The highest BCUT2D eigenvalue weighted by molar-refractivity contribution is 5.81. The van der Waals surface area contributed by atoms with Crippen LogP contribution in [0, 0.1) is 11.3 Å². The monoisotopic (exact) mass is 324 g/mol. The van der Waals surface area contributed by atoms with Crippen LogP contribution >= 0.6 is 0 Å². The van der Waals surface area contributed by atoms with Gasteiger partial charge < -0.3 is 14.2 Å². The van der Waals surface area contributed by atoms with Gasteiger partial charge in [-0.15, -0.1) is 0 Å². The van der Waals surface area contributed by atoms with Crippen LogP contribution in [0.2, 0.25) is 0 Å². The molecule has 3 rings (SSSR count). The van der Waals surface area contributed by atoms with Crippen LogP contribution < -0.4 is 4.74 Å². The fourth-order valence-corrected chi connectivity index (χ4v) is 3.00. The molecule has 1 fully saturated rings. The van der Waals surface area contributed by atoms with Crippen molar-refractivity contribution < 1.29 is 9.53 Å². The van der Waals surface area contributed by atoms with Crippen molar-refractivity contribution in [2.75, 3.05) is 13.1 Å². The van der Waals surface area contributed by atoms with Crippen LogP contribution in [-0.2, 0) is 4.79 Å². The Morgan fingerprint density at radius 1 is 1.42 bits per heavy atom. The third-order valence-electron chi connectivity index (χ3n) is 4.30. The highest BCUT2D eigenvalue weighted by Crippen LogP contribution is 2.22. The summed E-state index contributed by atoms with van der Waals surface area (Å²) in [6.45, 7) is 3.20. The summed E-state index contributed by atoms with van der Waals surface area (Å²) in [4.78, 5) is 18.6. The molecular formula is C18H20N4O2. The summed E-state index contributed by atoms with van der Waals surface area (Å²) in [6, 6.07) is 9.13. The Labute approximate surface area is 141 Å². The molecule has 0 bridgehead atoms. The first-order chi connectivity index (χ1) is 11.7. The van der Waals surface area contributed by atoms with Crippen molar-refractivity contribution in [2.45, 2.75) is 31.9 Å². The summed E-state index contributed by atoms with van der Waals surface area (Å²) >= 11 is 0. The molecule has 124 valence electrons. The number of nitriles is 1. The molecule has 1 aliphatic heterocycles. The van der Waals surface area contributed by atoms with Gasteiger partial charge in [0.15, 0.2) is 6.10 Å². The third-order valence-corrected chi connectivity index (χ3v) is 4.30. The lowest BCUT2D eigenvalue weighted by Gasteiger charge is -2.34. The van der Waals surface area contributed by atoms with Gasteiger partial charge in [0.05, 0.1) is 24.0 Å². The van der Waals surface area contributed by atoms with Crippen LogP contribution in [0.4, 0.5) is 0 Å². The molecule has 6 nitrogen and oxygen atoms in total. The van der Waals surface area contributed by atoms with E-state index in [0.29, 0.717) is 17.9 Å². The first kappa shape index (κ1) is 16.1. The Morgan fingerprint density at radius 3 is 2.88 bits per heavy atom. The average Bonchev–Trinajstić information content (AvgIpc) is 3.16. The Balaban J connectivity index is 1.61. The molecule has 0 spiro atoms. The zero-order valence-corrected chi connectivity index (χ0v) is 13.6. The molecule has 1 aromatic carbocycles. The summed E-state index contributed by atoms with van der Waals surface area (Å²) in [7, 11) is 0. The second-order valence-electron chi connectivity index (χ2n) is 5.99. The Hall–Kier alpha value is -2.81. The molecule has 1 saturated heterocycles. The van der Waals surface area contributed by atoms with E-state index < -0.39 is 6.10 Å². The molecule has 1 amide bonds. The first-order valence-corrected chi connectivity index (χ1v) is 8.10. The second-order valence-corrected chi connectivity index (χ2v) is 5.99. The number of rotatable bonds is 4. The van der Waals surface area contributed by atoms with Gasteiger partial charge in [0.1, 0.15) is 5.75 Å². The van der Waals surface area contributed by atoms with Gasteiger partial charge in [0, 0.05) is 25.5 Å². The van der Waals surface area contributed by atoms with E-state index in [9.17, 15) is 4.79 Å². The van der Waals surface area contributed by atoms with E-state index in [0.717, 1.165) is 19.4 Å². The molecule has 6 heteroatoms. The largest absolute Gasteiger partial charge is 0.481 e. The minimum atomic E-state index is -0.556. The normalized spacial score (nSPS) is 18.7. The van der Waals surface area contributed by atoms with Gasteiger partial charge >= 0.3 is 0 Å². The van der Waals surface area contributed by atoms with Crippen molar-refractivity contribution >= 4 is 5.91 Å². The van der Waals surface area contributed by atoms with E-state index in [1.165, 1.54) is 0 Å². The molecule has 24 heavy (non-hydrogen) atoms. The topological polar surface area (TPSA) is 71.2 Å². The highest BCUT2D eigenvalue weighted by Gasteiger charge is 2.28. The highest BCUT2D eigenvalue weighted by atomic mass is 16.5. The number of hydrogen-bond acceptors (Lipinski definition) is 4. The SMILES string of the molecule is C[C@H](Oc1ccc(C#N)cc1)C(=O)N1CCC[C@@H](n2ccnc2)C1. The summed E-state index contributed by atoms with van der Waals surface area (Å²) in [6.07, 6.45) is 6.96. The Kier molecular flexibility index (Phi) is 4.80. The van der Waals surface area contributed by atoms with Gasteiger partial charge in [0.2, 0.25) is 0 Å². The molecule has 1 aromatic heterocycles. The molecule has 0 N–H and O–H groups in total. The number of carbonyl (C=O) groups is 1. The van der Waals surface area contributed by atoms with Gasteiger partial charge in [0.25, 0.3) is 5.91 Å². The number of aromatic nitrogens is 2. The lowest BCUT2D eigenvalue weighted by molar-refractivity contribution is -0.139. The molecular weight excluding hydrogens is 304 g/mol. The van der Waals surface area contributed by atoms with Crippen molar-refractivity contribution in [1.29, 1.82) is 5.26 Å². The summed E-state index contributed by atoms with van der Waals surface area (Å²) in [5.41, 5.74) is 0.570. The van der Waals surface area contributed by atoms with Crippen LogP contribution in [0.5, 0.6) is 5.75 Å². The fraction of sp³-hybridized carbons (Fsp3) is 0.389. The standard InChI is InChI=1S/C18H20N4O2/c1-14(24-17-6-4-15(11-19)5-7-17)18(23)21-9-2-3-16(12-21)22-10-8-20-13-22/h4-8,10,13-14,16H,2-3,9,12H2,1H3/t14-,16+/m0/s1. The van der Waals surface area contributed by atoms with E-state index in [2.05, 4.69) is 15.6 Å². The molecule has 2 atom stereocenters. The molecule has 0 unspecified atom stereocenters. The lowest BCUT2D eigenvalue weighted by atomic mass is 10.0. The number of nitrogens with zero attached hydrogens (tertiary/aromatic N) is 4. The number of likely N-dealkylation sites (tertiary alicyclic amines) is 1. The number of hydrogen-bond donors (Lipinski definition) is 0. The van der Waals surface area contributed by atoms with Crippen LogP contribution in [0.25, 0.3) is 0 Å². The van der Waals surface area contributed by atoms with Crippen molar-refractivity contribution in [3.63, 3.8) is 0 Å². The minimum absolute atomic E-state index is 0.0100. The third kappa shape index (κ3) is 3.57. The molecule has 0 saturated carbocycles. The van der Waals surface area contributed by atoms with Gasteiger partial charge in [-0.2, -0.15) is 5.26 Å². The van der Waals surface area contributed by atoms with E-state index in [-0.39, 0.29) is 11.9 Å².